The van der Waals surface area contributed by atoms with Crippen molar-refractivity contribution in [3.05, 3.63) is 24.0 Å². The quantitative estimate of drug-likeness (QED) is 0.848. The van der Waals surface area contributed by atoms with Gasteiger partial charge in [0.2, 0.25) is 10.0 Å². The van der Waals surface area contributed by atoms with Crippen LogP contribution in [0.25, 0.3) is 0 Å². The summed E-state index contributed by atoms with van der Waals surface area (Å²) < 4.78 is 39.8. The molecule has 0 aliphatic carbocycles. The Morgan fingerprint density at radius 2 is 2.00 bits per heavy atom. The molecule has 1 heterocycles. The van der Waals surface area contributed by atoms with Crippen LogP contribution in [0.5, 0.6) is 0 Å². The van der Waals surface area contributed by atoms with Gasteiger partial charge in [0.05, 0.1) is 4.90 Å². The molecule has 1 aliphatic heterocycles. The molecule has 0 bridgehead atoms. The van der Waals surface area contributed by atoms with Crippen LogP contribution in [0.15, 0.2) is 23.1 Å². The minimum Gasteiger partial charge on any atom is -0.399 e. The van der Waals surface area contributed by atoms with Crippen molar-refractivity contribution in [2.45, 2.75) is 37.6 Å². The lowest BCUT2D eigenvalue weighted by Gasteiger charge is -2.35. The fourth-order valence-electron chi connectivity index (χ4n) is 2.61. The van der Waals surface area contributed by atoms with Crippen LogP contribution in [-0.2, 0) is 10.0 Å². The van der Waals surface area contributed by atoms with Gasteiger partial charge in [-0.15, -0.1) is 0 Å². The minimum absolute atomic E-state index is 0.0635. The van der Waals surface area contributed by atoms with E-state index in [1.165, 1.54) is 10.4 Å². The maximum absolute atomic E-state index is 13.3. The van der Waals surface area contributed by atoms with Crippen LogP contribution >= 0.6 is 0 Å². The highest BCUT2D eigenvalue weighted by Gasteiger charge is 2.33. The Kier molecular flexibility index (Phi) is 3.82. The summed E-state index contributed by atoms with van der Waals surface area (Å²) in [5, 5.41) is 0. The van der Waals surface area contributed by atoms with Crippen molar-refractivity contribution in [3.63, 3.8) is 0 Å². The van der Waals surface area contributed by atoms with Crippen LogP contribution in [0.3, 0.4) is 0 Å². The second-order valence-electron chi connectivity index (χ2n) is 5.31. The van der Waals surface area contributed by atoms with Gasteiger partial charge in [0.25, 0.3) is 0 Å². The predicted molar refractivity (Wildman–Crippen MR) is 72.6 cm³/mol. The molecule has 0 amide bonds. The van der Waals surface area contributed by atoms with Crippen LogP contribution < -0.4 is 5.73 Å². The summed E-state index contributed by atoms with van der Waals surface area (Å²) >= 11 is 0. The Balaban J connectivity index is 2.36. The molecule has 6 heteroatoms. The Morgan fingerprint density at radius 1 is 1.32 bits per heavy atom. The molecular weight excluding hydrogens is 267 g/mol. The zero-order valence-corrected chi connectivity index (χ0v) is 12.0. The molecule has 4 nitrogen and oxygen atoms in total. The molecule has 2 atom stereocenters. The van der Waals surface area contributed by atoms with E-state index in [9.17, 15) is 12.8 Å². The molecule has 1 aromatic rings. The number of sulfonamides is 1. The number of nitrogens with two attached hydrogens (primary N) is 1. The Hall–Kier alpha value is -1.14. The molecule has 0 radical (unpaired) electrons. The van der Waals surface area contributed by atoms with Crippen molar-refractivity contribution < 1.29 is 12.8 Å². The third-order valence-corrected chi connectivity index (χ3v) is 5.57. The normalized spacial score (nSPS) is 25.4. The number of hydrogen-bond donors (Lipinski definition) is 1. The summed E-state index contributed by atoms with van der Waals surface area (Å²) in [6.07, 6.45) is 1.65. The first kappa shape index (κ1) is 14.3. The number of anilines is 1. The molecule has 1 aromatic carbocycles. The summed E-state index contributed by atoms with van der Waals surface area (Å²) in [6, 6.07) is 3.37. The lowest BCUT2D eigenvalue weighted by atomic mass is 9.95. The molecule has 1 fully saturated rings. The van der Waals surface area contributed by atoms with Crippen LogP contribution in [0.4, 0.5) is 10.1 Å². The van der Waals surface area contributed by atoms with Crippen molar-refractivity contribution in [2.24, 2.45) is 5.92 Å². The smallest absolute Gasteiger partial charge is 0.243 e. The monoisotopic (exact) mass is 286 g/mol. The van der Waals surface area contributed by atoms with E-state index in [0.717, 1.165) is 25.0 Å². The molecule has 0 spiro atoms. The van der Waals surface area contributed by atoms with Crippen molar-refractivity contribution in [1.29, 1.82) is 0 Å². The van der Waals surface area contributed by atoms with Crippen LogP contribution in [0, 0.1) is 11.7 Å². The minimum atomic E-state index is -3.67. The highest BCUT2D eigenvalue weighted by Crippen LogP contribution is 2.29. The predicted octanol–water partition coefficient (Wildman–Crippen LogP) is 2.22. The topological polar surface area (TPSA) is 63.4 Å². The molecule has 2 N–H and O–H groups in total. The standard InChI is InChI=1S/C13H19FN2O2S/c1-9-3-4-16(10(2)5-9)19(17,18)13-7-11(14)6-12(15)8-13/h6-10H,3-5,15H2,1-2H3. The van der Waals surface area contributed by atoms with E-state index in [-0.39, 0.29) is 16.6 Å². The van der Waals surface area contributed by atoms with Crippen molar-refractivity contribution in [1.82, 2.24) is 4.31 Å². The number of rotatable bonds is 2. The summed E-state index contributed by atoms with van der Waals surface area (Å²) in [6.45, 7) is 4.47. The summed E-state index contributed by atoms with van der Waals surface area (Å²) in [5.41, 5.74) is 5.64. The molecule has 1 saturated heterocycles. The third kappa shape index (κ3) is 2.90. The molecule has 0 aromatic heterocycles. The van der Waals surface area contributed by atoms with Gasteiger partial charge in [-0.25, -0.2) is 12.8 Å². The van der Waals surface area contributed by atoms with Gasteiger partial charge >= 0.3 is 0 Å². The number of halogens is 1. The van der Waals surface area contributed by atoms with Gasteiger partial charge in [-0.2, -0.15) is 4.31 Å². The molecule has 2 unspecified atom stereocenters. The highest BCUT2D eigenvalue weighted by molar-refractivity contribution is 7.89. The molecule has 106 valence electrons. The van der Waals surface area contributed by atoms with Gasteiger partial charge in [0.15, 0.2) is 0 Å². The Bertz CT molecular complexity index is 554. The number of benzene rings is 1. The van der Waals surface area contributed by atoms with Gasteiger partial charge in [-0.1, -0.05) is 6.92 Å². The molecule has 0 saturated carbocycles. The van der Waals surface area contributed by atoms with Gasteiger partial charge < -0.3 is 5.73 Å². The first-order valence-electron chi connectivity index (χ1n) is 6.38. The van der Waals surface area contributed by atoms with Crippen molar-refractivity contribution in [3.8, 4) is 0 Å². The van der Waals surface area contributed by atoms with E-state index in [1.54, 1.807) is 0 Å². The van der Waals surface area contributed by atoms with E-state index < -0.39 is 15.8 Å². The van der Waals surface area contributed by atoms with Crippen molar-refractivity contribution in [2.75, 3.05) is 12.3 Å². The zero-order valence-electron chi connectivity index (χ0n) is 11.1. The second-order valence-corrected chi connectivity index (χ2v) is 7.21. The average molecular weight is 286 g/mol. The average Bonchev–Trinajstić information content (AvgIpc) is 2.26. The van der Waals surface area contributed by atoms with Gasteiger partial charge in [-0.3, -0.25) is 0 Å². The lowest BCUT2D eigenvalue weighted by Crippen LogP contribution is -2.44. The first-order chi connectivity index (χ1) is 8.80. The maximum Gasteiger partial charge on any atom is 0.243 e. The van der Waals surface area contributed by atoms with E-state index in [4.69, 9.17) is 5.73 Å². The van der Waals surface area contributed by atoms with E-state index >= 15 is 0 Å². The lowest BCUT2D eigenvalue weighted by molar-refractivity contribution is 0.220. The Morgan fingerprint density at radius 3 is 2.58 bits per heavy atom. The summed E-state index contributed by atoms with van der Waals surface area (Å²) in [4.78, 5) is -0.0635. The second kappa shape index (κ2) is 5.09. The fourth-order valence-corrected chi connectivity index (χ4v) is 4.33. The number of hydrogen-bond acceptors (Lipinski definition) is 3. The highest BCUT2D eigenvalue weighted by atomic mass is 32.2. The van der Waals surface area contributed by atoms with E-state index in [0.29, 0.717) is 12.5 Å². The summed E-state index contributed by atoms with van der Waals surface area (Å²) in [7, 11) is -3.67. The fraction of sp³-hybridized carbons (Fsp3) is 0.538. The number of piperidine rings is 1. The van der Waals surface area contributed by atoms with Gasteiger partial charge in [0.1, 0.15) is 5.82 Å². The van der Waals surface area contributed by atoms with Crippen molar-refractivity contribution >= 4 is 15.7 Å². The molecule has 2 rings (SSSR count). The first-order valence-corrected chi connectivity index (χ1v) is 7.82. The Labute approximate surface area is 113 Å². The van der Waals surface area contributed by atoms with Crippen LogP contribution in [0.1, 0.15) is 26.7 Å². The van der Waals surface area contributed by atoms with E-state index in [2.05, 4.69) is 6.92 Å². The number of nitrogen functional groups attached to an aromatic ring is 1. The van der Waals surface area contributed by atoms with E-state index in [1.807, 2.05) is 6.92 Å². The molecule has 1 aliphatic rings. The SMILES string of the molecule is CC1CCN(S(=O)(=O)c2cc(N)cc(F)c2)C(C)C1. The van der Waals surface area contributed by atoms with Gasteiger partial charge in [-0.05, 0) is 43.9 Å². The molecular formula is C13H19FN2O2S. The zero-order chi connectivity index (χ0) is 14.2. The van der Waals surface area contributed by atoms with Crippen LogP contribution in [-0.4, -0.2) is 25.3 Å². The van der Waals surface area contributed by atoms with Crippen LogP contribution in [0.2, 0.25) is 0 Å². The summed E-state index contributed by atoms with van der Waals surface area (Å²) in [5.74, 6) is -0.115. The molecule has 19 heavy (non-hydrogen) atoms. The largest absolute Gasteiger partial charge is 0.399 e. The third-order valence-electron chi connectivity index (χ3n) is 3.58. The number of nitrogens with zero attached hydrogens (tertiary/aromatic N) is 1. The van der Waals surface area contributed by atoms with Gasteiger partial charge in [0, 0.05) is 18.3 Å². The maximum atomic E-state index is 13.3.